The fourth-order valence-corrected chi connectivity index (χ4v) is 2.61. The van der Waals surface area contributed by atoms with E-state index in [0.717, 1.165) is 12.1 Å². The summed E-state index contributed by atoms with van der Waals surface area (Å²) in [6, 6.07) is 6.53. The smallest absolute Gasteiger partial charge is 0.317 e. The number of carboxylic acids is 1. The highest BCUT2D eigenvalue weighted by atomic mass is 19.1. The van der Waals surface area contributed by atoms with Crippen LogP contribution in [0.5, 0.6) is 0 Å². The maximum Gasteiger partial charge on any atom is 0.317 e. The van der Waals surface area contributed by atoms with Crippen LogP contribution in [0.2, 0.25) is 0 Å². The lowest BCUT2D eigenvalue weighted by molar-refractivity contribution is -0.138. The third-order valence-corrected chi connectivity index (χ3v) is 3.77. The minimum Gasteiger partial charge on any atom is -0.480 e. The summed E-state index contributed by atoms with van der Waals surface area (Å²) in [6.07, 6.45) is 3.96. The number of hydrogen-bond acceptors (Lipinski definition) is 3. The van der Waals surface area contributed by atoms with Gasteiger partial charge in [0.05, 0.1) is 12.1 Å². The van der Waals surface area contributed by atoms with Gasteiger partial charge in [-0.1, -0.05) is 6.07 Å². The largest absolute Gasteiger partial charge is 0.480 e. The van der Waals surface area contributed by atoms with Crippen LogP contribution in [0.4, 0.5) is 4.39 Å². The number of fused-ring (bicyclic) bond motifs is 1. The SMILES string of the molecule is O=C(O)CN(Cc1ccc(F)c2cccnc12)CC1CC1. The Morgan fingerprint density at radius 3 is 2.90 bits per heavy atom. The minimum absolute atomic E-state index is 0.00219. The average Bonchev–Trinajstić information content (AvgIpc) is 3.25. The first-order chi connectivity index (χ1) is 10.1. The van der Waals surface area contributed by atoms with E-state index in [9.17, 15) is 9.18 Å². The monoisotopic (exact) mass is 288 g/mol. The van der Waals surface area contributed by atoms with Gasteiger partial charge in [0, 0.05) is 24.7 Å². The molecule has 21 heavy (non-hydrogen) atoms. The normalized spacial score (nSPS) is 14.8. The summed E-state index contributed by atoms with van der Waals surface area (Å²) in [7, 11) is 0. The summed E-state index contributed by atoms with van der Waals surface area (Å²) in [6.45, 7) is 1.26. The predicted octanol–water partition coefficient (Wildman–Crippen LogP) is 2.67. The Morgan fingerprint density at radius 2 is 2.19 bits per heavy atom. The highest BCUT2D eigenvalue weighted by molar-refractivity contribution is 5.82. The van der Waals surface area contributed by atoms with Crippen molar-refractivity contribution in [3.8, 4) is 0 Å². The van der Waals surface area contributed by atoms with Gasteiger partial charge >= 0.3 is 5.97 Å². The molecule has 110 valence electrons. The van der Waals surface area contributed by atoms with Crippen LogP contribution in [-0.4, -0.2) is 34.0 Å². The van der Waals surface area contributed by atoms with Crippen LogP contribution in [0.3, 0.4) is 0 Å². The van der Waals surface area contributed by atoms with Crippen LogP contribution in [0.25, 0.3) is 10.9 Å². The Hall–Kier alpha value is -2.01. The number of carbonyl (C=O) groups is 1. The third kappa shape index (κ3) is 3.36. The van der Waals surface area contributed by atoms with E-state index in [-0.39, 0.29) is 12.4 Å². The standard InChI is InChI=1S/C16H17FN2O2/c17-14-6-5-12(16-13(14)2-1-7-18-16)9-19(10-15(20)21)8-11-3-4-11/h1-2,5-7,11H,3-4,8-10H2,(H,20,21). The van der Waals surface area contributed by atoms with Gasteiger partial charge in [0.15, 0.2) is 0 Å². The van der Waals surface area contributed by atoms with Gasteiger partial charge in [-0.05, 0) is 42.5 Å². The quantitative estimate of drug-likeness (QED) is 0.888. The first kappa shape index (κ1) is 13.9. The van der Waals surface area contributed by atoms with E-state index >= 15 is 0 Å². The molecule has 1 aliphatic carbocycles. The molecule has 1 aromatic heterocycles. The summed E-state index contributed by atoms with van der Waals surface area (Å²) in [5.74, 6) is -0.534. The molecule has 0 amide bonds. The molecule has 0 atom stereocenters. The molecular weight excluding hydrogens is 271 g/mol. The van der Waals surface area contributed by atoms with Crippen LogP contribution in [-0.2, 0) is 11.3 Å². The summed E-state index contributed by atoms with van der Waals surface area (Å²) < 4.78 is 13.8. The molecule has 0 bridgehead atoms. The van der Waals surface area contributed by atoms with Gasteiger partial charge in [0.1, 0.15) is 5.82 Å². The first-order valence-electron chi connectivity index (χ1n) is 7.10. The van der Waals surface area contributed by atoms with Gasteiger partial charge in [-0.3, -0.25) is 14.7 Å². The van der Waals surface area contributed by atoms with Crippen molar-refractivity contribution in [1.82, 2.24) is 9.88 Å². The Balaban J connectivity index is 1.87. The van der Waals surface area contributed by atoms with Gasteiger partial charge in [-0.25, -0.2) is 4.39 Å². The third-order valence-electron chi connectivity index (χ3n) is 3.77. The van der Waals surface area contributed by atoms with E-state index in [1.807, 2.05) is 4.90 Å². The number of hydrogen-bond donors (Lipinski definition) is 1. The van der Waals surface area contributed by atoms with Crippen molar-refractivity contribution in [3.05, 3.63) is 41.8 Å². The van der Waals surface area contributed by atoms with Crippen LogP contribution in [0.15, 0.2) is 30.5 Å². The number of aliphatic carboxylic acids is 1. The average molecular weight is 288 g/mol. The van der Waals surface area contributed by atoms with Crippen molar-refractivity contribution in [2.45, 2.75) is 19.4 Å². The first-order valence-corrected chi connectivity index (χ1v) is 7.10. The second-order valence-electron chi connectivity index (χ2n) is 5.61. The van der Waals surface area contributed by atoms with Crippen molar-refractivity contribution in [2.75, 3.05) is 13.1 Å². The molecular formula is C16H17FN2O2. The minimum atomic E-state index is -0.838. The van der Waals surface area contributed by atoms with E-state index in [0.29, 0.717) is 23.4 Å². The molecule has 1 saturated carbocycles. The molecule has 0 saturated heterocycles. The Kier molecular flexibility index (Phi) is 3.84. The van der Waals surface area contributed by atoms with Gasteiger partial charge in [0.25, 0.3) is 0 Å². The predicted molar refractivity (Wildman–Crippen MR) is 77.3 cm³/mol. The van der Waals surface area contributed by atoms with Crippen molar-refractivity contribution < 1.29 is 14.3 Å². The lowest BCUT2D eigenvalue weighted by atomic mass is 10.1. The fraction of sp³-hybridized carbons (Fsp3) is 0.375. The second-order valence-corrected chi connectivity index (χ2v) is 5.61. The topological polar surface area (TPSA) is 53.4 Å². The number of rotatable bonds is 6. The molecule has 0 spiro atoms. The summed E-state index contributed by atoms with van der Waals surface area (Å²) in [4.78, 5) is 17.2. The number of aromatic nitrogens is 1. The Morgan fingerprint density at radius 1 is 1.38 bits per heavy atom. The number of carboxylic acid groups (broad SMARTS) is 1. The van der Waals surface area contributed by atoms with E-state index in [1.54, 1.807) is 24.4 Å². The zero-order valence-corrected chi connectivity index (χ0v) is 11.6. The van der Waals surface area contributed by atoms with Crippen LogP contribution in [0, 0.1) is 11.7 Å². The van der Waals surface area contributed by atoms with Gasteiger partial charge in [0.2, 0.25) is 0 Å². The summed E-state index contributed by atoms with van der Waals surface area (Å²) in [5, 5.41) is 9.52. The van der Waals surface area contributed by atoms with Crippen molar-refractivity contribution >= 4 is 16.9 Å². The maximum absolute atomic E-state index is 13.8. The molecule has 0 aliphatic heterocycles. The van der Waals surface area contributed by atoms with Crippen molar-refractivity contribution in [2.24, 2.45) is 5.92 Å². The molecule has 1 fully saturated rings. The van der Waals surface area contributed by atoms with E-state index in [4.69, 9.17) is 5.11 Å². The van der Waals surface area contributed by atoms with Gasteiger partial charge in [-0.15, -0.1) is 0 Å². The van der Waals surface area contributed by atoms with Crippen LogP contribution >= 0.6 is 0 Å². The molecule has 3 rings (SSSR count). The van der Waals surface area contributed by atoms with Gasteiger partial charge in [-0.2, -0.15) is 0 Å². The lowest BCUT2D eigenvalue weighted by Crippen LogP contribution is -2.31. The Labute approximate surface area is 122 Å². The maximum atomic E-state index is 13.8. The highest BCUT2D eigenvalue weighted by Gasteiger charge is 2.25. The van der Waals surface area contributed by atoms with E-state index in [1.165, 1.54) is 18.9 Å². The zero-order chi connectivity index (χ0) is 14.8. The summed E-state index contributed by atoms with van der Waals surface area (Å²) >= 11 is 0. The van der Waals surface area contributed by atoms with E-state index < -0.39 is 5.97 Å². The van der Waals surface area contributed by atoms with Crippen LogP contribution in [0.1, 0.15) is 18.4 Å². The molecule has 1 aliphatic rings. The molecule has 5 heteroatoms. The fourth-order valence-electron chi connectivity index (χ4n) is 2.61. The molecule has 1 N–H and O–H groups in total. The zero-order valence-electron chi connectivity index (χ0n) is 11.6. The molecule has 1 aromatic carbocycles. The summed E-state index contributed by atoms with van der Waals surface area (Å²) in [5.41, 5.74) is 1.48. The highest BCUT2D eigenvalue weighted by Crippen LogP contribution is 2.30. The number of nitrogens with zero attached hydrogens (tertiary/aromatic N) is 2. The number of halogens is 1. The molecule has 1 heterocycles. The molecule has 0 radical (unpaired) electrons. The van der Waals surface area contributed by atoms with E-state index in [2.05, 4.69) is 4.98 Å². The van der Waals surface area contributed by atoms with Crippen molar-refractivity contribution in [1.29, 1.82) is 0 Å². The Bertz CT molecular complexity index is 670. The van der Waals surface area contributed by atoms with Gasteiger partial charge < -0.3 is 5.11 Å². The number of pyridine rings is 1. The second kappa shape index (κ2) is 5.77. The molecule has 0 unspecified atom stereocenters. The van der Waals surface area contributed by atoms with Crippen LogP contribution < -0.4 is 0 Å². The van der Waals surface area contributed by atoms with Crippen molar-refractivity contribution in [3.63, 3.8) is 0 Å². The molecule has 2 aromatic rings. The lowest BCUT2D eigenvalue weighted by Gasteiger charge is -2.20. The number of benzene rings is 1. The molecule has 4 nitrogen and oxygen atoms in total.